The lowest BCUT2D eigenvalue weighted by Gasteiger charge is -2.24. The molecule has 0 aliphatic heterocycles. The van der Waals surface area contributed by atoms with Gasteiger partial charge in [0, 0.05) is 17.1 Å². The van der Waals surface area contributed by atoms with E-state index < -0.39 is 0 Å². The number of halogens is 1. The average Bonchev–Trinajstić information content (AvgIpc) is 3.17. The fourth-order valence-corrected chi connectivity index (χ4v) is 2.28. The normalized spacial score (nSPS) is 19.0. The standard InChI is InChI=1S/C14H20ClNO/c1-2-13(9-17)16-14(10-3-4-10)11-5-7-12(15)8-6-11/h5-8,10,13-14,16-17H,2-4,9H2,1H3/t13-,14?/m0/s1. The molecule has 1 aliphatic rings. The molecule has 94 valence electrons. The van der Waals surface area contributed by atoms with Crippen LogP contribution in [0.3, 0.4) is 0 Å². The Hall–Kier alpha value is -0.570. The van der Waals surface area contributed by atoms with Crippen LogP contribution in [-0.4, -0.2) is 17.8 Å². The van der Waals surface area contributed by atoms with Crippen LogP contribution in [0.15, 0.2) is 24.3 Å². The van der Waals surface area contributed by atoms with Gasteiger partial charge in [-0.3, -0.25) is 0 Å². The minimum Gasteiger partial charge on any atom is -0.395 e. The number of aliphatic hydroxyl groups excluding tert-OH is 1. The first kappa shape index (κ1) is 12.9. The van der Waals surface area contributed by atoms with Crippen LogP contribution in [-0.2, 0) is 0 Å². The minimum atomic E-state index is 0.191. The van der Waals surface area contributed by atoms with E-state index in [-0.39, 0.29) is 12.6 Å². The maximum atomic E-state index is 9.28. The Labute approximate surface area is 108 Å². The Morgan fingerprint density at radius 1 is 1.35 bits per heavy atom. The van der Waals surface area contributed by atoms with Crippen LogP contribution >= 0.6 is 11.6 Å². The molecule has 1 aromatic carbocycles. The van der Waals surface area contributed by atoms with Gasteiger partial charge in [0.25, 0.3) is 0 Å². The summed E-state index contributed by atoms with van der Waals surface area (Å²) in [5, 5.41) is 13.6. The highest BCUT2D eigenvalue weighted by molar-refractivity contribution is 6.30. The monoisotopic (exact) mass is 253 g/mol. The maximum absolute atomic E-state index is 9.28. The van der Waals surface area contributed by atoms with Crippen molar-refractivity contribution in [3.63, 3.8) is 0 Å². The van der Waals surface area contributed by atoms with E-state index in [0.717, 1.165) is 17.4 Å². The summed E-state index contributed by atoms with van der Waals surface area (Å²) < 4.78 is 0. The van der Waals surface area contributed by atoms with Crippen molar-refractivity contribution < 1.29 is 5.11 Å². The van der Waals surface area contributed by atoms with Gasteiger partial charge in [-0.2, -0.15) is 0 Å². The molecule has 17 heavy (non-hydrogen) atoms. The zero-order valence-electron chi connectivity index (χ0n) is 10.2. The summed E-state index contributed by atoms with van der Waals surface area (Å²) in [4.78, 5) is 0. The zero-order chi connectivity index (χ0) is 12.3. The molecule has 0 amide bonds. The number of rotatable bonds is 6. The van der Waals surface area contributed by atoms with Gasteiger partial charge in [-0.15, -0.1) is 0 Å². The smallest absolute Gasteiger partial charge is 0.0584 e. The van der Waals surface area contributed by atoms with Crippen molar-refractivity contribution in [2.75, 3.05) is 6.61 Å². The van der Waals surface area contributed by atoms with Crippen molar-refractivity contribution in [3.05, 3.63) is 34.9 Å². The number of aliphatic hydroxyl groups is 1. The first-order valence-corrected chi connectivity index (χ1v) is 6.74. The molecule has 3 heteroatoms. The number of hydrogen-bond donors (Lipinski definition) is 2. The maximum Gasteiger partial charge on any atom is 0.0584 e. The Bertz CT molecular complexity index is 344. The molecule has 0 bridgehead atoms. The highest BCUT2D eigenvalue weighted by atomic mass is 35.5. The summed E-state index contributed by atoms with van der Waals surface area (Å²) in [6.07, 6.45) is 3.51. The summed E-state index contributed by atoms with van der Waals surface area (Å²) in [5.41, 5.74) is 1.28. The molecule has 1 unspecified atom stereocenters. The van der Waals surface area contributed by atoms with Crippen molar-refractivity contribution >= 4 is 11.6 Å². The van der Waals surface area contributed by atoms with Crippen LogP contribution in [0, 0.1) is 5.92 Å². The number of nitrogens with one attached hydrogen (secondary N) is 1. The van der Waals surface area contributed by atoms with Gasteiger partial charge in [0.2, 0.25) is 0 Å². The van der Waals surface area contributed by atoms with Gasteiger partial charge < -0.3 is 10.4 Å². The third kappa shape index (κ3) is 3.44. The second-order valence-corrected chi connectivity index (χ2v) is 5.26. The van der Waals surface area contributed by atoms with Crippen LogP contribution < -0.4 is 5.32 Å². The molecule has 1 fully saturated rings. The summed E-state index contributed by atoms with van der Waals surface area (Å²) in [5.74, 6) is 0.719. The van der Waals surface area contributed by atoms with Crippen molar-refractivity contribution in [1.29, 1.82) is 0 Å². The van der Waals surface area contributed by atoms with Crippen molar-refractivity contribution in [1.82, 2.24) is 5.32 Å². The van der Waals surface area contributed by atoms with Gasteiger partial charge in [0.05, 0.1) is 6.61 Å². The lowest BCUT2D eigenvalue weighted by Crippen LogP contribution is -2.36. The lowest BCUT2D eigenvalue weighted by molar-refractivity contribution is 0.223. The average molecular weight is 254 g/mol. The molecule has 2 N–H and O–H groups in total. The van der Waals surface area contributed by atoms with Crippen LogP contribution in [0.1, 0.15) is 37.8 Å². The van der Waals surface area contributed by atoms with E-state index in [4.69, 9.17) is 11.6 Å². The second-order valence-electron chi connectivity index (χ2n) is 4.82. The van der Waals surface area contributed by atoms with Crippen LogP contribution in [0.4, 0.5) is 0 Å². The van der Waals surface area contributed by atoms with E-state index in [1.54, 1.807) is 0 Å². The van der Waals surface area contributed by atoms with Gasteiger partial charge in [-0.05, 0) is 42.9 Å². The molecule has 1 saturated carbocycles. The SMILES string of the molecule is CC[C@@H](CO)NC(c1ccc(Cl)cc1)C1CC1. The van der Waals surface area contributed by atoms with Crippen LogP contribution in [0.5, 0.6) is 0 Å². The fraction of sp³-hybridized carbons (Fsp3) is 0.571. The Morgan fingerprint density at radius 3 is 2.47 bits per heavy atom. The highest BCUT2D eigenvalue weighted by Gasteiger charge is 2.33. The van der Waals surface area contributed by atoms with Crippen molar-refractivity contribution in [2.24, 2.45) is 5.92 Å². The van der Waals surface area contributed by atoms with E-state index in [1.165, 1.54) is 18.4 Å². The molecule has 0 radical (unpaired) electrons. The van der Waals surface area contributed by atoms with E-state index >= 15 is 0 Å². The highest BCUT2D eigenvalue weighted by Crippen LogP contribution is 2.41. The molecule has 1 aliphatic carbocycles. The predicted octanol–water partition coefficient (Wildman–Crippen LogP) is 3.15. The lowest BCUT2D eigenvalue weighted by atomic mass is 10.0. The van der Waals surface area contributed by atoms with E-state index in [1.807, 2.05) is 12.1 Å². The Balaban J connectivity index is 2.08. The number of hydrogen-bond acceptors (Lipinski definition) is 2. The predicted molar refractivity (Wildman–Crippen MR) is 71.2 cm³/mol. The molecule has 0 saturated heterocycles. The molecule has 0 aromatic heterocycles. The van der Waals surface area contributed by atoms with Gasteiger partial charge in [0.1, 0.15) is 0 Å². The van der Waals surface area contributed by atoms with Gasteiger partial charge in [-0.25, -0.2) is 0 Å². The summed E-state index contributed by atoms with van der Waals surface area (Å²) in [6, 6.07) is 8.60. The van der Waals surface area contributed by atoms with Crippen LogP contribution in [0.2, 0.25) is 5.02 Å². The summed E-state index contributed by atoms with van der Waals surface area (Å²) in [7, 11) is 0. The van der Waals surface area contributed by atoms with E-state index in [2.05, 4.69) is 24.4 Å². The van der Waals surface area contributed by atoms with E-state index in [0.29, 0.717) is 6.04 Å². The first-order chi connectivity index (χ1) is 8.24. The van der Waals surface area contributed by atoms with Crippen LogP contribution in [0.25, 0.3) is 0 Å². The Morgan fingerprint density at radius 2 is 2.00 bits per heavy atom. The van der Waals surface area contributed by atoms with Crippen molar-refractivity contribution in [3.8, 4) is 0 Å². The molecule has 2 atom stereocenters. The summed E-state index contributed by atoms with van der Waals surface area (Å²) in [6.45, 7) is 2.30. The first-order valence-electron chi connectivity index (χ1n) is 6.37. The quantitative estimate of drug-likeness (QED) is 0.816. The number of benzene rings is 1. The third-order valence-corrected chi connectivity index (χ3v) is 3.70. The molecule has 0 heterocycles. The molecule has 2 nitrogen and oxygen atoms in total. The molecular weight excluding hydrogens is 234 g/mol. The summed E-state index contributed by atoms with van der Waals surface area (Å²) >= 11 is 5.91. The van der Waals surface area contributed by atoms with Crippen molar-refractivity contribution in [2.45, 2.75) is 38.3 Å². The zero-order valence-corrected chi connectivity index (χ0v) is 11.0. The molecule has 1 aromatic rings. The molecule has 0 spiro atoms. The fourth-order valence-electron chi connectivity index (χ4n) is 2.16. The topological polar surface area (TPSA) is 32.3 Å². The van der Waals surface area contributed by atoms with Gasteiger partial charge in [-0.1, -0.05) is 30.7 Å². The Kier molecular flexibility index (Phi) is 4.43. The molecular formula is C14H20ClNO. The second kappa shape index (κ2) is 5.85. The van der Waals surface area contributed by atoms with Gasteiger partial charge in [0.15, 0.2) is 0 Å². The molecule has 2 rings (SSSR count). The largest absolute Gasteiger partial charge is 0.395 e. The van der Waals surface area contributed by atoms with E-state index in [9.17, 15) is 5.11 Å². The minimum absolute atomic E-state index is 0.191. The van der Waals surface area contributed by atoms with Gasteiger partial charge >= 0.3 is 0 Å². The third-order valence-electron chi connectivity index (χ3n) is 3.45.